The molecule has 0 saturated heterocycles. The molecule has 2 aromatic rings. The highest BCUT2D eigenvalue weighted by Gasteiger charge is 2.15. The number of hydrogen-bond donors (Lipinski definition) is 0. The van der Waals surface area contributed by atoms with E-state index in [-0.39, 0.29) is 5.15 Å². The maximum atomic E-state index is 11.5. The number of aromatic nitrogens is 3. The van der Waals surface area contributed by atoms with Crippen molar-refractivity contribution in [3.05, 3.63) is 41.4 Å². The van der Waals surface area contributed by atoms with Gasteiger partial charge in [-0.3, -0.25) is 9.97 Å². The molecule has 0 N–H and O–H groups in total. The maximum absolute atomic E-state index is 11.5. The number of carbonyl (C=O) groups is 1. The number of ether oxygens (including phenoxy) is 1. The standard InChI is InChI=1S/C11H8ClN3O2/c1-17-11(16)7-3-2-4-14-10(7)8-5-13-6-9(12)15-8/h2-6H,1H3. The zero-order chi connectivity index (χ0) is 12.3. The van der Waals surface area contributed by atoms with Crippen LogP contribution in [0.4, 0.5) is 0 Å². The second-order valence-electron chi connectivity index (χ2n) is 3.12. The molecule has 0 aliphatic heterocycles. The van der Waals surface area contributed by atoms with Crippen LogP contribution in [0.5, 0.6) is 0 Å². The molecule has 5 nitrogen and oxygen atoms in total. The number of esters is 1. The fraction of sp³-hybridized carbons (Fsp3) is 0.0909. The molecule has 2 rings (SSSR count). The van der Waals surface area contributed by atoms with Gasteiger partial charge in [-0.2, -0.15) is 0 Å². The lowest BCUT2D eigenvalue weighted by Crippen LogP contribution is -2.05. The van der Waals surface area contributed by atoms with Crippen LogP contribution >= 0.6 is 11.6 Å². The van der Waals surface area contributed by atoms with E-state index < -0.39 is 5.97 Å². The third-order valence-electron chi connectivity index (χ3n) is 2.06. The summed E-state index contributed by atoms with van der Waals surface area (Å²) < 4.78 is 4.67. The molecule has 0 saturated carbocycles. The van der Waals surface area contributed by atoms with E-state index in [0.717, 1.165) is 0 Å². The van der Waals surface area contributed by atoms with E-state index in [4.69, 9.17) is 11.6 Å². The van der Waals surface area contributed by atoms with Gasteiger partial charge in [-0.15, -0.1) is 0 Å². The van der Waals surface area contributed by atoms with Gasteiger partial charge in [0.1, 0.15) is 16.5 Å². The number of halogens is 1. The first-order chi connectivity index (χ1) is 8.22. The summed E-state index contributed by atoms with van der Waals surface area (Å²) in [6, 6.07) is 3.25. The minimum atomic E-state index is -0.477. The van der Waals surface area contributed by atoms with Crippen molar-refractivity contribution in [1.29, 1.82) is 0 Å². The monoisotopic (exact) mass is 249 g/mol. The summed E-state index contributed by atoms with van der Waals surface area (Å²) >= 11 is 5.74. The van der Waals surface area contributed by atoms with Gasteiger partial charge < -0.3 is 4.74 Å². The maximum Gasteiger partial charge on any atom is 0.340 e. The summed E-state index contributed by atoms with van der Waals surface area (Å²) in [7, 11) is 1.31. The molecular formula is C11H8ClN3O2. The highest BCUT2D eigenvalue weighted by molar-refractivity contribution is 6.29. The summed E-state index contributed by atoms with van der Waals surface area (Å²) in [5, 5.41) is 0.240. The lowest BCUT2D eigenvalue weighted by atomic mass is 10.1. The Kier molecular flexibility index (Phi) is 3.30. The van der Waals surface area contributed by atoms with E-state index in [9.17, 15) is 4.79 Å². The minimum absolute atomic E-state index is 0.240. The molecule has 0 aliphatic rings. The first-order valence-corrected chi connectivity index (χ1v) is 5.11. The molecule has 0 spiro atoms. The van der Waals surface area contributed by atoms with Crippen LogP contribution in [0.3, 0.4) is 0 Å². The van der Waals surface area contributed by atoms with Crippen LogP contribution < -0.4 is 0 Å². The van der Waals surface area contributed by atoms with Gasteiger partial charge in [0.05, 0.1) is 25.1 Å². The van der Waals surface area contributed by atoms with Gasteiger partial charge in [0.25, 0.3) is 0 Å². The molecule has 17 heavy (non-hydrogen) atoms. The molecule has 0 radical (unpaired) electrons. The lowest BCUT2D eigenvalue weighted by Gasteiger charge is -2.05. The van der Waals surface area contributed by atoms with E-state index in [1.165, 1.54) is 19.5 Å². The number of pyridine rings is 1. The average molecular weight is 250 g/mol. The number of hydrogen-bond acceptors (Lipinski definition) is 5. The van der Waals surface area contributed by atoms with Crippen LogP contribution in [0.25, 0.3) is 11.4 Å². The highest BCUT2D eigenvalue weighted by Crippen LogP contribution is 2.20. The van der Waals surface area contributed by atoms with Gasteiger partial charge in [0.15, 0.2) is 0 Å². The molecule has 0 aromatic carbocycles. The average Bonchev–Trinajstić information content (AvgIpc) is 2.38. The third kappa shape index (κ3) is 2.39. The molecule has 0 aliphatic carbocycles. The Morgan fingerprint density at radius 2 is 2.24 bits per heavy atom. The van der Waals surface area contributed by atoms with Crippen LogP contribution in [0.1, 0.15) is 10.4 Å². The Bertz CT molecular complexity index is 560. The normalized spacial score (nSPS) is 10.0. The molecule has 0 fully saturated rings. The first kappa shape index (κ1) is 11.5. The van der Waals surface area contributed by atoms with Crippen molar-refractivity contribution in [2.24, 2.45) is 0 Å². The summed E-state index contributed by atoms with van der Waals surface area (Å²) in [4.78, 5) is 23.6. The summed E-state index contributed by atoms with van der Waals surface area (Å²) in [6.07, 6.45) is 4.46. The largest absolute Gasteiger partial charge is 0.465 e. The topological polar surface area (TPSA) is 65.0 Å². The molecule has 2 heterocycles. The second-order valence-corrected chi connectivity index (χ2v) is 3.51. The van der Waals surface area contributed by atoms with E-state index >= 15 is 0 Å². The van der Waals surface area contributed by atoms with Crippen molar-refractivity contribution in [2.45, 2.75) is 0 Å². The van der Waals surface area contributed by atoms with Crippen molar-refractivity contribution < 1.29 is 9.53 Å². The number of carbonyl (C=O) groups excluding carboxylic acids is 1. The fourth-order valence-corrected chi connectivity index (χ4v) is 1.49. The molecular weight excluding hydrogens is 242 g/mol. The van der Waals surface area contributed by atoms with Gasteiger partial charge in [-0.25, -0.2) is 9.78 Å². The predicted octanol–water partition coefficient (Wildman–Crippen LogP) is 1.98. The Morgan fingerprint density at radius 3 is 2.94 bits per heavy atom. The molecule has 0 unspecified atom stereocenters. The summed E-state index contributed by atoms with van der Waals surface area (Å²) in [6.45, 7) is 0. The molecule has 0 atom stereocenters. The smallest absolute Gasteiger partial charge is 0.340 e. The minimum Gasteiger partial charge on any atom is -0.465 e. The fourth-order valence-electron chi connectivity index (χ4n) is 1.34. The van der Waals surface area contributed by atoms with Crippen LogP contribution in [0.2, 0.25) is 5.15 Å². The van der Waals surface area contributed by atoms with E-state index in [1.807, 2.05) is 0 Å². The van der Waals surface area contributed by atoms with E-state index in [0.29, 0.717) is 17.0 Å². The van der Waals surface area contributed by atoms with Gasteiger partial charge in [-0.1, -0.05) is 11.6 Å². The summed E-state index contributed by atoms with van der Waals surface area (Å²) in [5.41, 5.74) is 1.15. The summed E-state index contributed by atoms with van der Waals surface area (Å²) in [5.74, 6) is -0.477. The van der Waals surface area contributed by atoms with Gasteiger partial charge in [0, 0.05) is 6.20 Å². The molecule has 6 heteroatoms. The van der Waals surface area contributed by atoms with Gasteiger partial charge >= 0.3 is 5.97 Å². The van der Waals surface area contributed by atoms with Crippen LogP contribution in [-0.2, 0) is 4.74 Å². The zero-order valence-corrected chi connectivity index (χ0v) is 9.68. The quantitative estimate of drug-likeness (QED) is 0.762. The SMILES string of the molecule is COC(=O)c1cccnc1-c1cncc(Cl)n1. The molecule has 86 valence electrons. The third-order valence-corrected chi connectivity index (χ3v) is 2.24. The Balaban J connectivity index is 2.55. The Labute approximate surface area is 102 Å². The Hall–Kier alpha value is -2.01. The van der Waals surface area contributed by atoms with Crippen molar-refractivity contribution in [3.8, 4) is 11.4 Å². The number of methoxy groups -OCH3 is 1. The van der Waals surface area contributed by atoms with Crippen LogP contribution in [-0.4, -0.2) is 28.0 Å². The van der Waals surface area contributed by atoms with Crippen molar-refractivity contribution in [3.63, 3.8) is 0 Å². The molecule has 2 aromatic heterocycles. The van der Waals surface area contributed by atoms with Crippen molar-refractivity contribution >= 4 is 17.6 Å². The first-order valence-electron chi connectivity index (χ1n) is 4.73. The van der Waals surface area contributed by atoms with Crippen LogP contribution in [0, 0.1) is 0 Å². The molecule has 0 amide bonds. The number of nitrogens with zero attached hydrogens (tertiary/aromatic N) is 3. The van der Waals surface area contributed by atoms with Gasteiger partial charge in [-0.05, 0) is 12.1 Å². The van der Waals surface area contributed by atoms with Crippen molar-refractivity contribution in [1.82, 2.24) is 15.0 Å². The number of rotatable bonds is 2. The van der Waals surface area contributed by atoms with Crippen LogP contribution in [0.15, 0.2) is 30.7 Å². The van der Waals surface area contributed by atoms with E-state index in [1.54, 1.807) is 18.3 Å². The zero-order valence-electron chi connectivity index (χ0n) is 8.92. The molecule has 0 bridgehead atoms. The van der Waals surface area contributed by atoms with E-state index in [2.05, 4.69) is 19.7 Å². The highest BCUT2D eigenvalue weighted by atomic mass is 35.5. The van der Waals surface area contributed by atoms with Gasteiger partial charge in [0.2, 0.25) is 0 Å². The predicted molar refractivity (Wildman–Crippen MR) is 61.6 cm³/mol. The second kappa shape index (κ2) is 4.88. The lowest BCUT2D eigenvalue weighted by molar-refractivity contribution is 0.0601. The van der Waals surface area contributed by atoms with Crippen molar-refractivity contribution in [2.75, 3.05) is 7.11 Å². The Morgan fingerprint density at radius 1 is 1.41 bits per heavy atom.